The molecule has 3 rings (SSSR count). The molecule has 1 aromatic heterocycles. The molecule has 0 saturated carbocycles. The summed E-state index contributed by atoms with van der Waals surface area (Å²) in [5.74, 6) is 0.573. The Kier molecular flexibility index (Phi) is 3.29. The van der Waals surface area contributed by atoms with E-state index in [1.165, 1.54) is 0 Å². The molecule has 2 aromatic rings. The molecule has 0 atom stereocenters. The number of benzene rings is 1. The predicted molar refractivity (Wildman–Crippen MR) is 68.7 cm³/mol. The average Bonchev–Trinajstić information content (AvgIpc) is 2.98. The number of carbonyl (C=O) groups excluding carboxylic acids is 1. The van der Waals surface area contributed by atoms with Gasteiger partial charge in [-0.1, -0.05) is 30.3 Å². The molecule has 5 heteroatoms. The van der Waals surface area contributed by atoms with Crippen LogP contribution >= 0.6 is 0 Å². The molecule has 0 spiro atoms. The third-order valence-corrected chi connectivity index (χ3v) is 3.05. The van der Waals surface area contributed by atoms with Gasteiger partial charge in [0, 0.05) is 18.7 Å². The highest BCUT2D eigenvalue weighted by atomic mass is 16.5. The van der Waals surface area contributed by atoms with E-state index < -0.39 is 0 Å². The largest absolute Gasteiger partial charge is 0.432 e. The summed E-state index contributed by atoms with van der Waals surface area (Å²) in [6, 6.07) is 9.61. The highest BCUT2D eigenvalue weighted by molar-refractivity contribution is 5.90. The Hall–Kier alpha value is -2.14. The average molecular weight is 258 g/mol. The van der Waals surface area contributed by atoms with Gasteiger partial charge in [-0.15, -0.1) is 0 Å². The SMILES string of the molecule is O=C(c1ncc(-c2ccccc2)o1)N1CCOCC1. The number of rotatable bonds is 2. The number of ether oxygens (including phenoxy) is 1. The van der Waals surface area contributed by atoms with Crippen molar-refractivity contribution in [3.63, 3.8) is 0 Å². The molecule has 19 heavy (non-hydrogen) atoms. The van der Waals surface area contributed by atoms with E-state index in [0.717, 1.165) is 5.56 Å². The van der Waals surface area contributed by atoms with E-state index in [1.807, 2.05) is 30.3 Å². The Morgan fingerprint density at radius 1 is 1.16 bits per heavy atom. The van der Waals surface area contributed by atoms with Gasteiger partial charge in [-0.05, 0) is 0 Å². The molecule has 1 aromatic carbocycles. The molecule has 1 fully saturated rings. The Morgan fingerprint density at radius 3 is 2.63 bits per heavy atom. The van der Waals surface area contributed by atoms with E-state index in [4.69, 9.17) is 9.15 Å². The van der Waals surface area contributed by atoms with Crippen molar-refractivity contribution in [2.45, 2.75) is 0 Å². The standard InChI is InChI=1S/C14H14N2O3/c17-14(16-6-8-18-9-7-16)13-15-10-12(19-13)11-4-2-1-3-5-11/h1-5,10H,6-9H2. The van der Waals surface area contributed by atoms with Crippen LogP contribution in [0.4, 0.5) is 0 Å². The fourth-order valence-corrected chi connectivity index (χ4v) is 2.01. The molecular formula is C14H14N2O3. The van der Waals surface area contributed by atoms with Crippen molar-refractivity contribution in [2.24, 2.45) is 0 Å². The lowest BCUT2D eigenvalue weighted by atomic mass is 10.2. The summed E-state index contributed by atoms with van der Waals surface area (Å²) in [6.07, 6.45) is 1.59. The molecule has 0 unspecified atom stereocenters. The summed E-state index contributed by atoms with van der Waals surface area (Å²) in [7, 11) is 0. The quantitative estimate of drug-likeness (QED) is 0.824. The minimum absolute atomic E-state index is 0.140. The second kappa shape index (κ2) is 5.24. The first-order valence-corrected chi connectivity index (χ1v) is 6.23. The second-order valence-electron chi connectivity index (χ2n) is 4.30. The minimum Gasteiger partial charge on any atom is -0.432 e. The second-order valence-corrected chi connectivity index (χ2v) is 4.30. The van der Waals surface area contributed by atoms with E-state index in [2.05, 4.69) is 4.98 Å². The summed E-state index contributed by atoms with van der Waals surface area (Å²) in [5.41, 5.74) is 0.913. The molecule has 0 aliphatic carbocycles. The zero-order valence-electron chi connectivity index (χ0n) is 10.4. The first-order valence-electron chi connectivity index (χ1n) is 6.23. The van der Waals surface area contributed by atoms with Gasteiger partial charge < -0.3 is 14.1 Å². The van der Waals surface area contributed by atoms with Crippen LogP contribution < -0.4 is 0 Å². The molecule has 0 N–H and O–H groups in total. The van der Waals surface area contributed by atoms with Gasteiger partial charge in [-0.2, -0.15) is 0 Å². The van der Waals surface area contributed by atoms with Crippen LogP contribution in [0.1, 0.15) is 10.7 Å². The van der Waals surface area contributed by atoms with Crippen LogP contribution in [-0.4, -0.2) is 42.1 Å². The van der Waals surface area contributed by atoms with E-state index in [1.54, 1.807) is 11.1 Å². The molecule has 98 valence electrons. The summed E-state index contributed by atoms with van der Waals surface area (Å²) in [6.45, 7) is 2.31. The molecule has 1 aliphatic rings. The zero-order valence-corrected chi connectivity index (χ0v) is 10.4. The Labute approximate surface area is 110 Å². The monoisotopic (exact) mass is 258 g/mol. The van der Waals surface area contributed by atoms with Crippen LogP contribution in [0.2, 0.25) is 0 Å². The highest BCUT2D eigenvalue weighted by Crippen LogP contribution is 2.20. The van der Waals surface area contributed by atoms with Gasteiger partial charge in [-0.25, -0.2) is 4.98 Å². The van der Waals surface area contributed by atoms with Gasteiger partial charge in [0.25, 0.3) is 5.89 Å². The van der Waals surface area contributed by atoms with Crippen molar-refractivity contribution in [2.75, 3.05) is 26.3 Å². The van der Waals surface area contributed by atoms with Crippen LogP contribution in [0.5, 0.6) is 0 Å². The van der Waals surface area contributed by atoms with Crippen molar-refractivity contribution >= 4 is 5.91 Å². The summed E-state index contributed by atoms with van der Waals surface area (Å²) in [4.78, 5) is 17.9. The lowest BCUT2D eigenvalue weighted by molar-refractivity contribution is 0.0278. The molecule has 1 saturated heterocycles. The van der Waals surface area contributed by atoms with Crippen LogP contribution in [-0.2, 0) is 4.74 Å². The van der Waals surface area contributed by atoms with Crippen molar-refractivity contribution < 1.29 is 13.9 Å². The van der Waals surface area contributed by atoms with Crippen molar-refractivity contribution in [1.29, 1.82) is 0 Å². The Bertz CT molecular complexity index is 559. The third-order valence-electron chi connectivity index (χ3n) is 3.05. The van der Waals surface area contributed by atoms with E-state index in [9.17, 15) is 4.79 Å². The maximum Gasteiger partial charge on any atom is 0.309 e. The van der Waals surface area contributed by atoms with Crippen LogP contribution in [0.15, 0.2) is 40.9 Å². The van der Waals surface area contributed by atoms with Gasteiger partial charge >= 0.3 is 5.91 Å². The van der Waals surface area contributed by atoms with Crippen LogP contribution in [0, 0.1) is 0 Å². The van der Waals surface area contributed by atoms with Crippen LogP contribution in [0.25, 0.3) is 11.3 Å². The first kappa shape index (κ1) is 11.9. The molecule has 0 radical (unpaired) electrons. The fraction of sp³-hybridized carbons (Fsp3) is 0.286. The van der Waals surface area contributed by atoms with Gasteiger partial charge in [0.2, 0.25) is 0 Å². The number of oxazole rings is 1. The minimum atomic E-state index is -0.175. The van der Waals surface area contributed by atoms with E-state index in [0.29, 0.717) is 32.1 Å². The number of amides is 1. The molecule has 2 heterocycles. The van der Waals surface area contributed by atoms with Gasteiger partial charge in [0.05, 0.1) is 19.4 Å². The smallest absolute Gasteiger partial charge is 0.309 e. The number of nitrogens with zero attached hydrogens (tertiary/aromatic N) is 2. The first-order chi connectivity index (χ1) is 9.34. The highest BCUT2D eigenvalue weighted by Gasteiger charge is 2.23. The van der Waals surface area contributed by atoms with Gasteiger partial charge in [0.1, 0.15) is 0 Å². The summed E-state index contributed by atoms with van der Waals surface area (Å²) >= 11 is 0. The molecular weight excluding hydrogens is 244 g/mol. The lowest BCUT2D eigenvalue weighted by Gasteiger charge is -2.25. The number of aromatic nitrogens is 1. The van der Waals surface area contributed by atoms with Crippen molar-refractivity contribution in [1.82, 2.24) is 9.88 Å². The van der Waals surface area contributed by atoms with Crippen molar-refractivity contribution in [3.05, 3.63) is 42.4 Å². The van der Waals surface area contributed by atoms with E-state index >= 15 is 0 Å². The number of hydrogen-bond donors (Lipinski definition) is 0. The van der Waals surface area contributed by atoms with Crippen LogP contribution in [0.3, 0.4) is 0 Å². The molecule has 1 amide bonds. The van der Waals surface area contributed by atoms with Gasteiger partial charge in [0.15, 0.2) is 5.76 Å². The number of morpholine rings is 1. The third kappa shape index (κ3) is 2.51. The maximum atomic E-state index is 12.2. The normalized spacial score (nSPS) is 15.5. The molecule has 0 bridgehead atoms. The predicted octanol–water partition coefficient (Wildman–Crippen LogP) is 1.81. The topological polar surface area (TPSA) is 55.6 Å². The number of hydrogen-bond acceptors (Lipinski definition) is 4. The maximum absolute atomic E-state index is 12.2. The lowest BCUT2D eigenvalue weighted by Crippen LogP contribution is -2.40. The van der Waals surface area contributed by atoms with Crippen molar-refractivity contribution in [3.8, 4) is 11.3 Å². The Morgan fingerprint density at radius 2 is 1.89 bits per heavy atom. The Balaban J connectivity index is 1.79. The number of carbonyl (C=O) groups is 1. The summed E-state index contributed by atoms with van der Waals surface area (Å²) in [5, 5.41) is 0. The van der Waals surface area contributed by atoms with Gasteiger partial charge in [-0.3, -0.25) is 4.79 Å². The van der Waals surface area contributed by atoms with E-state index in [-0.39, 0.29) is 11.8 Å². The zero-order chi connectivity index (χ0) is 13.1. The molecule has 5 nitrogen and oxygen atoms in total. The fourth-order valence-electron chi connectivity index (χ4n) is 2.01. The molecule has 1 aliphatic heterocycles. The summed E-state index contributed by atoms with van der Waals surface area (Å²) < 4.78 is 10.8.